The van der Waals surface area contributed by atoms with Crippen LogP contribution in [0.1, 0.15) is 63.6 Å². The molecule has 2 aromatic carbocycles. The molecule has 220 valence electrons. The number of fused-ring (bicyclic) bond motifs is 1. The monoisotopic (exact) mass is 574 g/mol. The summed E-state index contributed by atoms with van der Waals surface area (Å²) in [6, 6.07) is 9.68. The highest BCUT2D eigenvalue weighted by Crippen LogP contribution is 2.37. The Morgan fingerprint density at radius 1 is 1.05 bits per heavy atom. The van der Waals surface area contributed by atoms with Gasteiger partial charge in [-0.2, -0.15) is 13.2 Å². The summed E-state index contributed by atoms with van der Waals surface area (Å²) in [5, 5.41) is 2.58. The van der Waals surface area contributed by atoms with Gasteiger partial charge in [-0.3, -0.25) is 9.69 Å². The summed E-state index contributed by atoms with van der Waals surface area (Å²) in [5.41, 5.74) is -2.44. The topological polar surface area (TPSA) is 98.1 Å². The molecule has 11 heteroatoms. The summed E-state index contributed by atoms with van der Waals surface area (Å²) in [5.74, 6) is 0.628. The van der Waals surface area contributed by atoms with Crippen LogP contribution in [0.3, 0.4) is 0 Å². The molecule has 41 heavy (non-hydrogen) atoms. The number of hydrogen-bond acceptors (Lipinski definition) is 6. The molecule has 1 fully saturated rings. The Bertz CT molecular complexity index is 1480. The van der Waals surface area contributed by atoms with E-state index in [9.17, 15) is 27.6 Å². The Morgan fingerprint density at radius 2 is 1.76 bits per heavy atom. The standard InChI is InChI=1S/C30H33F3N2O6/c1-5-8-22-24(14-13-21-23(30(31,32)33)17-25(36)41-26(21)22)39-16-7-6-15-35-27(37)29(4,34-28(35)38)19-9-11-20(12-10-19)40-18(2)3/h9-14,17-18H,5-8,15-16H2,1-4H3,(H,34,38). The van der Waals surface area contributed by atoms with Crippen LogP contribution in [0.15, 0.2) is 51.7 Å². The Balaban J connectivity index is 1.40. The molecule has 4 rings (SSSR count). The number of rotatable bonds is 11. The van der Waals surface area contributed by atoms with Crippen molar-refractivity contribution in [3.05, 3.63) is 69.6 Å². The van der Waals surface area contributed by atoms with E-state index in [1.165, 1.54) is 17.0 Å². The van der Waals surface area contributed by atoms with Gasteiger partial charge in [0.25, 0.3) is 5.91 Å². The zero-order chi connectivity index (χ0) is 29.9. The van der Waals surface area contributed by atoms with Gasteiger partial charge in [0.2, 0.25) is 0 Å². The van der Waals surface area contributed by atoms with Crippen molar-refractivity contribution in [3.8, 4) is 11.5 Å². The Kier molecular flexibility index (Phi) is 8.65. The van der Waals surface area contributed by atoms with Gasteiger partial charge < -0.3 is 19.2 Å². The summed E-state index contributed by atoms with van der Waals surface area (Å²) in [4.78, 5) is 39.0. The van der Waals surface area contributed by atoms with E-state index < -0.39 is 28.9 Å². The van der Waals surface area contributed by atoms with Crippen molar-refractivity contribution in [2.75, 3.05) is 13.2 Å². The maximum Gasteiger partial charge on any atom is 0.417 e. The van der Waals surface area contributed by atoms with Gasteiger partial charge in [0.05, 0.1) is 18.3 Å². The molecule has 3 amide bonds. The predicted molar refractivity (Wildman–Crippen MR) is 146 cm³/mol. The van der Waals surface area contributed by atoms with Crippen molar-refractivity contribution < 1.29 is 36.7 Å². The first-order chi connectivity index (χ1) is 19.3. The summed E-state index contributed by atoms with van der Waals surface area (Å²) < 4.78 is 57.3. The summed E-state index contributed by atoms with van der Waals surface area (Å²) >= 11 is 0. The van der Waals surface area contributed by atoms with Crippen LogP contribution in [-0.2, 0) is 22.9 Å². The number of carbonyl (C=O) groups is 2. The quantitative estimate of drug-likeness (QED) is 0.167. The molecule has 3 aromatic rings. The number of ether oxygens (including phenoxy) is 2. The van der Waals surface area contributed by atoms with Crippen molar-refractivity contribution in [2.24, 2.45) is 0 Å². The second kappa shape index (κ2) is 11.8. The lowest BCUT2D eigenvalue weighted by Gasteiger charge is -2.23. The number of nitrogens with one attached hydrogen (secondary N) is 1. The third-order valence-corrected chi connectivity index (χ3v) is 6.89. The number of urea groups is 1. The molecule has 1 aliphatic heterocycles. The smallest absolute Gasteiger partial charge is 0.417 e. The number of nitrogens with zero attached hydrogens (tertiary/aromatic N) is 1. The number of alkyl halides is 3. The molecule has 0 aliphatic carbocycles. The van der Waals surface area contributed by atoms with Crippen LogP contribution in [0.4, 0.5) is 18.0 Å². The minimum Gasteiger partial charge on any atom is -0.493 e. The molecular weight excluding hydrogens is 541 g/mol. The molecule has 0 bridgehead atoms. The lowest BCUT2D eigenvalue weighted by atomic mass is 9.92. The number of imide groups is 1. The van der Waals surface area contributed by atoms with Gasteiger partial charge in [-0.15, -0.1) is 0 Å². The lowest BCUT2D eigenvalue weighted by Crippen LogP contribution is -2.41. The molecule has 1 aliphatic rings. The number of aryl methyl sites for hydroxylation is 1. The van der Waals surface area contributed by atoms with Gasteiger partial charge >= 0.3 is 17.8 Å². The molecule has 1 unspecified atom stereocenters. The fourth-order valence-corrected chi connectivity index (χ4v) is 4.91. The maximum atomic E-state index is 13.5. The summed E-state index contributed by atoms with van der Waals surface area (Å²) in [6.07, 6.45) is -2.85. The number of benzene rings is 2. The van der Waals surface area contributed by atoms with Crippen LogP contribution in [0, 0.1) is 0 Å². The van der Waals surface area contributed by atoms with Gasteiger partial charge in [-0.25, -0.2) is 9.59 Å². The molecule has 1 atom stereocenters. The SMILES string of the molecule is CCCc1c(OCCCCN2C(=O)NC(C)(c3ccc(OC(C)C)cc3)C2=O)ccc2c(C(F)(F)F)cc(=O)oc12. The fourth-order valence-electron chi connectivity index (χ4n) is 4.91. The molecule has 8 nitrogen and oxygen atoms in total. The van der Waals surface area contributed by atoms with Crippen molar-refractivity contribution in [1.82, 2.24) is 10.2 Å². The third kappa shape index (κ3) is 6.34. The second-order valence-electron chi connectivity index (χ2n) is 10.4. The Hall–Kier alpha value is -4.02. The van der Waals surface area contributed by atoms with Gasteiger partial charge in [0, 0.05) is 23.6 Å². The van der Waals surface area contributed by atoms with Crippen molar-refractivity contribution >= 4 is 22.9 Å². The van der Waals surface area contributed by atoms with Gasteiger partial charge in [0.1, 0.15) is 22.6 Å². The molecular formula is C30H33F3N2O6. The average Bonchev–Trinajstić information content (AvgIpc) is 3.12. The van der Waals surface area contributed by atoms with E-state index >= 15 is 0 Å². The third-order valence-electron chi connectivity index (χ3n) is 6.89. The summed E-state index contributed by atoms with van der Waals surface area (Å²) in [7, 11) is 0. The van der Waals surface area contributed by atoms with Gasteiger partial charge in [-0.05, 0) is 69.9 Å². The maximum absolute atomic E-state index is 13.5. The zero-order valence-corrected chi connectivity index (χ0v) is 23.4. The first-order valence-corrected chi connectivity index (χ1v) is 13.6. The van der Waals surface area contributed by atoms with E-state index in [2.05, 4.69) is 5.32 Å². The number of halogens is 3. The first-order valence-electron chi connectivity index (χ1n) is 13.6. The second-order valence-corrected chi connectivity index (χ2v) is 10.4. The zero-order valence-electron chi connectivity index (χ0n) is 23.4. The summed E-state index contributed by atoms with van der Waals surface area (Å²) in [6.45, 7) is 7.69. The van der Waals surface area contributed by atoms with Crippen LogP contribution in [0.2, 0.25) is 0 Å². The first kappa shape index (κ1) is 30.0. The number of hydrogen-bond donors (Lipinski definition) is 1. The van der Waals surface area contributed by atoms with Gasteiger partial charge in [-0.1, -0.05) is 25.5 Å². The van der Waals surface area contributed by atoms with Crippen LogP contribution < -0.4 is 20.4 Å². The predicted octanol–water partition coefficient (Wildman–Crippen LogP) is 6.18. The minimum atomic E-state index is -4.71. The van der Waals surface area contributed by atoms with Crippen LogP contribution in [-0.4, -0.2) is 36.1 Å². The highest BCUT2D eigenvalue weighted by Gasteiger charge is 2.48. The number of unbranched alkanes of at least 4 members (excludes halogenated alkanes) is 1. The number of carbonyl (C=O) groups excluding carboxylic acids is 2. The largest absolute Gasteiger partial charge is 0.493 e. The van der Waals surface area contributed by atoms with E-state index in [1.54, 1.807) is 31.2 Å². The molecule has 0 radical (unpaired) electrons. The average molecular weight is 575 g/mol. The highest BCUT2D eigenvalue weighted by molar-refractivity contribution is 6.07. The van der Waals surface area contributed by atoms with E-state index in [0.717, 1.165) is 0 Å². The highest BCUT2D eigenvalue weighted by atomic mass is 19.4. The molecule has 0 saturated carbocycles. The van der Waals surface area contributed by atoms with Crippen LogP contribution in [0.25, 0.3) is 11.0 Å². The molecule has 1 aromatic heterocycles. The van der Waals surface area contributed by atoms with Crippen molar-refractivity contribution in [2.45, 2.75) is 71.2 Å². The molecule has 1 saturated heterocycles. The normalized spacial score (nSPS) is 17.4. The minimum absolute atomic E-state index is 0.00568. The van der Waals surface area contributed by atoms with Gasteiger partial charge in [0.15, 0.2) is 0 Å². The molecule has 2 heterocycles. The van der Waals surface area contributed by atoms with E-state index in [1.807, 2.05) is 20.8 Å². The van der Waals surface area contributed by atoms with E-state index in [4.69, 9.17) is 13.9 Å². The fraction of sp³-hybridized carbons (Fsp3) is 0.433. The molecule has 1 N–H and O–H groups in total. The molecule has 0 spiro atoms. The Morgan fingerprint density at radius 3 is 2.39 bits per heavy atom. The number of amides is 3. The van der Waals surface area contributed by atoms with Crippen molar-refractivity contribution in [1.29, 1.82) is 0 Å². The van der Waals surface area contributed by atoms with Crippen molar-refractivity contribution in [3.63, 3.8) is 0 Å². The van der Waals surface area contributed by atoms with Crippen LogP contribution >= 0.6 is 0 Å². The Labute approximate surface area is 235 Å². The van der Waals surface area contributed by atoms with E-state index in [-0.39, 0.29) is 36.1 Å². The van der Waals surface area contributed by atoms with Crippen LogP contribution in [0.5, 0.6) is 11.5 Å². The lowest BCUT2D eigenvalue weighted by molar-refractivity contribution is -0.136. The van der Waals surface area contributed by atoms with E-state index in [0.29, 0.717) is 54.4 Å².